The number of nitrogens with zero attached hydrogens (tertiary/aromatic N) is 2. The molecule has 1 aromatic carbocycles. The normalized spacial score (nSPS) is 21.2. The second-order valence-electron chi connectivity index (χ2n) is 6.30. The van der Waals surface area contributed by atoms with E-state index < -0.39 is 0 Å². The number of hydrogen-bond donors (Lipinski definition) is 2. The third-order valence-corrected chi connectivity index (χ3v) is 5.23. The molecule has 0 saturated heterocycles. The highest BCUT2D eigenvalue weighted by molar-refractivity contribution is 6.30. The number of hydrazine groups is 1. The van der Waals surface area contributed by atoms with Gasteiger partial charge >= 0.3 is 0 Å². The lowest BCUT2D eigenvalue weighted by molar-refractivity contribution is 0.0962. The molecule has 0 spiro atoms. The number of anilines is 1. The van der Waals surface area contributed by atoms with Gasteiger partial charge in [0.25, 0.3) is 5.91 Å². The summed E-state index contributed by atoms with van der Waals surface area (Å²) in [5, 5.41) is 8.62. The van der Waals surface area contributed by atoms with Crippen molar-refractivity contribution in [2.45, 2.75) is 37.5 Å². The minimum absolute atomic E-state index is 0.360. The topological polar surface area (TPSA) is 66.9 Å². The van der Waals surface area contributed by atoms with Gasteiger partial charge in [-0.3, -0.25) is 15.6 Å². The number of halogens is 2. The zero-order chi connectivity index (χ0) is 16.7. The van der Waals surface area contributed by atoms with Crippen LogP contribution in [0.2, 0.25) is 5.15 Å². The first-order valence-electron chi connectivity index (χ1n) is 8.01. The van der Waals surface area contributed by atoms with Crippen LogP contribution >= 0.6 is 11.6 Å². The molecule has 1 saturated carbocycles. The van der Waals surface area contributed by atoms with E-state index in [-0.39, 0.29) is 11.7 Å². The smallest absolute Gasteiger partial charge is 0.269 e. The Kier molecular flexibility index (Phi) is 3.84. The van der Waals surface area contributed by atoms with Gasteiger partial charge in [0.05, 0.1) is 0 Å². The lowest BCUT2D eigenvalue weighted by Crippen LogP contribution is -2.32. The minimum atomic E-state index is -0.381. The summed E-state index contributed by atoms with van der Waals surface area (Å²) in [6.45, 7) is 0. The molecule has 0 aliphatic heterocycles. The largest absolute Gasteiger partial charge is 0.280 e. The predicted molar refractivity (Wildman–Crippen MR) is 88.5 cm³/mol. The predicted octanol–water partition coefficient (Wildman–Crippen LogP) is 3.78. The van der Waals surface area contributed by atoms with Gasteiger partial charge in [0.15, 0.2) is 11.0 Å². The molecular formula is C17H16ClFN4O. The van der Waals surface area contributed by atoms with E-state index in [9.17, 15) is 9.18 Å². The molecule has 3 aliphatic rings. The highest BCUT2D eigenvalue weighted by atomic mass is 35.5. The van der Waals surface area contributed by atoms with E-state index >= 15 is 0 Å². The first-order valence-corrected chi connectivity index (χ1v) is 8.39. The summed E-state index contributed by atoms with van der Waals surface area (Å²) in [4.78, 5) is 12.2. The van der Waals surface area contributed by atoms with Crippen LogP contribution in [-0.4, -0.2) is 16.1 Å². The van der Waals surface area contributed by atoms with E-state index in [0.29, 0.717) is 28.4 Å². The Morgan fingerprint density at radius 1 is 1.04 bits per heavy atom. The number of rotatable bonds is 3. The van der Waals surface area contributed by atoms with Gasteiger partial charge in [-0.1, -0.05) is 11.6 Å². The van der Waals surface area contributed by atoms with Crippen LogP contribution in [0.4, 0.5) is 10.2 Å². The van der Waals surface area contributed by atoms with Crippen LogP contribution in [0.3, 0.4) is 0 Å². The maximum Gasteiger partial charge on any atom is 0.269 e. The molecule has 2 aromatic rings. The third-order valence-electron chi connectivity index (χ3n) is 4.95. The van der Waals surface area contributed by atoms with Crippen molar-refractivity contribution in [3.05, 3.63) is 51.9 Å². The molecule has 124 valence electrons. The van der Waals surface area contributed by atoms with Gasteiger partial charge in [-0.05, 0) is 61.8 Å². The molecule has 1 heterocycles. The number of carbonyl (C=O) groups is 1. The molecule has 1 amide bonds. The summed E-state index contributed by atoms with van der Waals surface area (Å²) < 4.78 is 12.9. The van der Waals surface area contributed by atoms with Crippen LogP contribution in [0.1, 0.15) is 59.0 Å². The van der Waals surface area contributed by atoms with Gasteiger partial charge in [-0.15, -0.1) is 10.2 Å². The van der Waals surface area contributed by atoms with Crippen LogP contribution in [-0.2, 0) is 0 Å². The Morgan fingerprint density at radius 3 is 2.33 bits per heavy atom. The van der Waals surface area contributed by atoms with Crippen molar-refractivity contribution < 1.29 is 9.18 Å². The maximum atomic E-state index is 12.9. The van der Waals surface area contributed by atoms with Gasteiger partial charge in [-0.25, -0.2) is 4.39 Å². The van der Waals surface area contributed by atoms with Crippen LogP contribution in [0.5, 0.6) is 0 Å². The molecule has 0 unspecified atom stereocenters. The second kappa shape index (κ2) is 6.02. The first-order chi connectivity index (χ1) is 11.6. The molecule has 24 heavy (non-hydrogen) atoms. The number of benzene rings is 1. The summed E-state index contributed by atoms with van der Waals surface area (Å²) in [6.07, 6.45) is 4.48. The Hall–Kier alpha value is -2.21. The number of fused-ring (bicyclic) bond motifs is 2. The highest BCUT2D eigenvalue weighted by Crippen LogP contribution is 2.52. The first kappa shape index (κ1) is 15.3. The lowest BCUT2D eigenvalue weighted by atomic mass is 9.67. The lowest BCUT2D eigenvalue weighted by Gasteiger charge is -2.38. The van der Waals surface area contributed by atoms with Gasteiger partial charge in [0, 0.05) is 16.7 Å². The molecule has 1 aromatic heterocycles. The zero-order valence-electron chi connectivity index (χ0n) is 12.9. The van der Waals surface area contributed by atoms with Crippen molar-refractivity contribution in [2.24, 2.45) is 0 Å². The van der Waals surface area contributed by atoms with E-state index in [2.05, 4.69) is 21.0 Å². The summed E-state index contributed by atoms with van der Waals surface area (Å²) in [7, 11) is 0. The van der Waals surface area contributed by atoms with Crippen molar-refractivity contribution in [1.29, 1.82) is 0 Å². The fourth-order valence-electron chi connectivity index (χ4n) is 3.79. The standard InChI is InChI=1S/C17H16ClFN4O/c18-15-13-9-1-3-10(4-2-9)14(13)16(21-20-15)22-23-17(24)11-5-7-12(19)8-6-11/h5-10H,1-4H2,(H,21,22)(H,23,24). The van der Waals surface area contributed by atoms with Crippen LogP contribution < -0.4 is 10.9 Å². The van der Waals surface area contributed by atoms with E-state index in [1.165, 1.54) is 24.3 Å². The molecular weight excluding hydrogens is 331 g/mol. The molecule has 1 fully saturated rings. The highest BCUT2D eigenvalue weighted by Gasteiger charge is 2.37. The van der Waals surface area contributed by atoms with E-state index in [1.54, 1.807) is 0 Å². The Balaban J connectivity index is 1.57. The molecule has 2 N–H and O–H groups in total. The van der Waals surface area contributed by atoms with Gasteiger partial charge in [-0.2, -0.15) is 0 Å². The summed E-state index contributed by atoms with van der Waals surface area (Å²) in [5.74, 6) is 0.651. The molecule has 0 atom stereocenters. The summed E-state index contributed by atoms with van der Waals surface area (Å²) in [5.41, 5.74) is 8.00. The third kappa shape index (κ3) is 2.60. The Morgan fingerprint density at radius 2 is 1.67 bits per heavy atom. The minimum Gasteiger partial charge on any atom is -0.280 e. The van der Waals surface area contributed by atoms with E-state index in [0.717, 1.165) is 36.8 Å². The van der Waals surface area contributed by atoms with Gasteiger partial charge in [0.1, 0.15) is 5.82 Å². The van der Waals surface area contributed by atoms with Gasteiger partial charge in [0.2, 0.25) is 0 Å². The molecule has 5 rings (SSSR count). The Labute approximate surface area is 143 Å². The monoisotopic (exact) mass is 346 g/mol. The second-order valence-corrected chi connectivity index (χ2v) is 6.66. The molecule has 0 radical (unpaired) electrons. The molecule has 3 aliphatic carbocycles. The summed E-state index contributed by atoms with van der Waals surface area (Å²) in [6, 6.07) is 5.35. The number of aromatic nitrogens is 2. The number of carbonyl (C=O) groups excluding carboxylic acids is 1. The average Bonchev–Trinajstić information content (AvgIpc) is 2.62. The van der Waals surface area contributed by atoms with Crippen molar-refractivity contribution in [3.8, 4) is 0 Å². The van der Waals surface area contributed by atoms with Crippen LogP contribution in [0.15, 0.2) is 24.3 Å². The van der Waals surface area contributed by atoms with Crippen molar-refractivity contribution in [1.82, 2.24) is 15.6 Å². The fraction of sp³-hybridized carbons (Fsp3) is 0.353. The van der Waals surface area contributed by atoms with E-state index in [4.69, 9.17) is 11.6 Å². The van der Waals surface area contributed by atoms with Crippen molar-refractivity contribution in [2.75, 3.05) is 5.43 Å². The zero-order valence-corrected chi connectivity index (χ0v) is 13.6. The molecule has 7 heteroatoms. The average molecular weight is 347 g/mol. The Bertz CT molecular complexity index is 788. The van der Waals surface area contributed by atoms with Crippen LogP contribution in [0, 0.1) is 5.82 Å². The molecule has 5 nitrogen and oxygen atoms in total. The number of amides is 1. The summed E-state index contributed by atoms with van der Waals surface area (Å²) >= 11 is 6.26. The van der Waals surface area contributed by atoms with E-state index in [1.807, 2.05) is 0 Å². The van der Waals surface area contributed by atoms with Crippen molar-refractivity contribution >= 4 is 23.3 Å². The van der Waals surface area contributed by atoms with Gasteiger partial charge < -0.3 is 0 Å². The number of hydrogen-bond acceptors (Lipinski definition) is 4. The maximum absolute atomic E-state index is 12.9. The van der Waals surface area contributed by atoms with Crippen molar-refractivity contribution in [3.63, 3.8) is 0 Å². The SMILES string of the molecule is O=C(NNc1nnc(Cl)c2c1C1CCC2CC1)c1ccc(F)cc1. The van der Waals surface area contributed by atoms with Crippen LogP contribution in [0.25, 0.3) is 0 Å². The quantitative estimate of drug-likeness (QED) is 0.830. The fourth-order valence-corrected chi connectivity index (χ4v) is 4.09. The number of nitrogens with one attached hydrogen (secondary N) is 2. The molecule has 2 bridgehead atoms.